The third-order valence-electron chi connectivity index (χ3n) is 1.91. The highest BCUT2D eigenvalue weighted by Crippen LogP contribution is 2.42. The minimum atomic E-state index is -0.753. The fourth-order valence-electron chi connectivity index (χ4n) is 1.02. The first-order valence-corrected chi connectivity index (χ1v) is 3.15. The lowest BCUT2D eigenvalue weighted by Crippen LogP contribution is -2.36. The molecule has 4 heteroatoms. The van der Waals surface area contributed by atoms with Crippen LogP contribution in [0.5, 0.6) is 0 Å². The number of nitrogens with two attached hydrogens (primary N) is 1. The Morgan fingerprint density at radius 1 is 1.91 bits per heavy atom. The molecule has 0 heterocycles. The van der Waals surface area contributed by atoms with Crippen molar-refractivity contribution >= 4 is 18.4 Å². The molecule has 0 amide bonds. The molecule has 0 aromatic rings. The van der Waals surface area contributed by atoms with E-state index in [-0.39, 0.29) is 24.3 Å². The van der Waals surface area contributed by atoms with Gasteiger partial charge in [-0.3, -0.25) is 4.79 Å². The van der Waals surface area contributed by atoms with Crippen molar-refractivity contribution in [3.63, 3.8) is 0 Å². The molecule has 0 aromatic carbocycles. The molecule has 1 saturated carbocycles. The summed E-state index contributed by atoms with van der Waals surface area (Å²) in [6, 6.07) is 0. The zero-order valence-corrected chi connectivity index (χ0v) is 7.19. The second-order valence-electron chi connectivity index (χ2n) is 2.58. The van der Waals surface area contributed by atoms with Crippen molar-refractivity contribution in [1.82, 2.24) is 0 Å². The molecule has 2 atom stereocenters. The maximum atomic E-state index is 10.9. The van der Waals surface area contributed by atoms with E-state index in [9.17, 15) is 4.79 Å². The Bertz CT molecular complexity index is 183. The molecule has 64 valence electrons. The van der Waals surface area contributed by atoms with Gasteiger partial charge in [0.1, 0.15) is 5.54 Å². The van der Waals surface area contributed by atoms with Crippen molar-refractivity contribution in [3.05, 3.63) is 12.7 Å². The standard InChI is InChI=1S/C7H11NO2.ClH/c1-3-5-4-7(5,8)6(9)10-2;/h3,5H,1,4,8H2,2H3;1H/t5-,7-;/m1./s1. The molecule has 11 heavy (non-hydrogen) atoms. The average molecular weight is 178 g/mol. The molecule has 2 N–H and O–H groups in total. The minimum Gasteiger partial charge on any atom is -0.468 e. The van der Waals surface area contributed by atoms with E-state index in [4.69, 9.17) is 5.73 Å². The van der Waals surface area contributed by atoms with Crippen LogP contribution in [0.25, 0.3) is 0 Å². The van der Waals surface area contributed by atoms with Gasteiger partial charge in [0, 0.05) is 5.92 Å². The Hall–Kier alpha value is -0.540. The van der Waals surface area contributed by atoms with Crippen LogP contribution in [0.15, 0.2) is 12.7 Å². The van der Waals surface area contributed by atoms with Crippen molar-refractivity contribution < 1.29 is 9.53 Å². The molecule has 0 saturated heterocycles. The van der Waals surface area contributed by atoms with Crippen LogP contribution in [0.4, 0.5) is 0 Å². The summed E-state index contributed by atoms with van der Waals surface area (Å²) in [5, 5.41) is 0. The van der Waals surface area contributed by atoms with E-state index in [0.29, 0.717) is 6.42 Å². The maximum Gasteiger partial charge on any atom is 0.326 e. The Morgan fingerprint density at radius 2 is 2.45 bits per heavy atom. The lowest BCUT2D eigenvalue weighted by Gasteiger charge is -2.05. The summed E-state index contributed by atoms with van der Waals surface area (Å²) in [7, 11) is 1.34. The summed E-state index contributed by atoms with van der Waals surface area (Å²) < 4.78 is 4.50. The van der Waals surface area contributed by atoms with Crippen molar-refractivity contribution in [2.24, 2.45) is 11.7 Å². The average Bonchev–Trinajstić information content (AvgIpc) is 2.61. The first-order valence-electron chi connectivity index (χ1n) is 3.15. The number of halogens is 1. The van der Waals surface area contributed by atoms with Gasteiger partial charge in [-0.1, -0.05) is 6.08 Å². The van der Waals surface area contributed by atoms with Crippen LogP contribution in [-0.4, -0.2) is 18.6 Å². The zero-order chi connectivity index (χ0) is 7.78. The Balaban J connectivity index is 0.000001000. The summed E-state index contributed by atoms with van der Waals surface area (Å²) in [6.07, 6.45) is 2.36. The van der Waals surface area contributed by atoms with Crippen LogP contribution in [0.2, 0.25) is 0 Å². The van der Waals surface area contributed by atoms with Gasteiger partial charge in [-0.15, -0.1) is 19.0 Å². The second kappa shape index (κ2) is 3.24. The minimum absolute atomic E-state index is 0. The van der Waals surface area contributed by atoms with Gasteiger partial charge in [-0.25, -0.2) is 0 Å². The highest BCUT2D eigenvalue weighted by Gasteiger charge is 2.56. The molecule has 0 spiro atoms. The van der Waals surface area contributed by atoms with E-state index in [1.54, 1.807) is 6.08 Å². The van der Waals surface area contributed by atoms with Crippen LogP contribution >= 0.6 is 12.4 Å². The molecular formula is C7H12ClNO2. The lowest BCUT2D eigenvalue weighted by atomic mass is 10.2. The van der Waals surface area contributed by atoms with Crippen molar-refractivity contribution in [2.75, 3.05) is 7.11 Å². The molecule has 0 radical (unpaired) electrons. The van der Waals surface area contributed by atoms with E-state index in [0.717, 1.165) is 0 Å². The Morgan fingerprint density at radius 3 is 2.73 bits per heavy atom. The van der Waals surface area contributed by atoms with E-state index in [1.807, 2.05) is 0 Å². The smallest absolute Gasteiger partial charge is 0.326 e. The van der Waals surface area contributed by atoms with E-state index in [1.165, 1.54) is 7.11 Å². The van der Waals surface area contributed by atoms with Gasteiger partial charge in [0.05, 0.1) is 7.11 Å². The third-order valence-corrected chi connectivity index (χ3v) is 1.91. The van der Waals surface area contributed by atoms with Crippen molar-refractivity contribution in [3.8, 4) is 0 Å². The fourth-order valence-corrected chi connectivity index (χ4v) is 1.02. The molecule has 0 aliphatic heterocycles. The summed E-state index contributed by atoms with van der Waals surface area (Å²) in [6.45, 7) is 3.55. The second-order valence-corrected chi connectivity index (χ2v) is 2.58. The summed E-state index contributed by atoms with van der Waals surface area (Å²) in [5.74, 6) is -0.225. The quantitative estimate of drug-likeness (QED) is 0.493. The molecule has 1 aliphatic carbocycles. The van der Waals surface area contributed by atoms with Gasteiger partial charge >= 0.3 is 5.97 Å². The first kappa shape index (κ1) is 10.5. The topological polar surface area (TPSA) is 52.3 Å². The normalized spacial score (nSPS) is 33.5. The number of hydrogen-bond donors (Lipinski definition) is 1. The Kier molecular flexibility index (Phi) is 3.08. The van der Waals surface area contributed by atoms with E-state index in [2.05, 4.69) is 11.3 Å². The number of hydrogen-bond acceptors (Lipinski definition) is 3. The lowest BCUT2D eigenvalue weighted by molar-refractivity contribution is -0.143. The molecule has 0 bridgehead atoms. The van der Waals surface area contributed by atoms with Crippen LogP contribution in [0.1, 0.15) is 6.42 Å². The van der Waals surface area contributed by atoms with E-state index < -0.39 is 5.54 Å². The Labute approximate surface area is 72.0 Å². The van der Waals surface area contributed by atoms with Gasteiger partial charge in [-0.2, -0.15) is 0 Å². The van der Waals surface area contributed by atoms with Gasteiger partial charge in [0.25, 0.3) is 0 Å². The van der Waals surface area contributed by atoms with Crippen molar-refractivity contribution in [2.45, 2.75) is 12.0 Å². The summed E-state index contributed by atoms with van der Waals surface area (Å²) >= 11 is 0. The number of esters is 1. The molecule has 1 fully saturated rings. The molecule has 0 aromatic heterocycles. The van der Waals surface area contributed by atoms with Crippen LogP contribution in [0.3, 0.4) is 0 Å². The highest BCUT2D eigenvalue weighted by atomic mass is 35.5. The molecule has 0 unspecified atom stereocenters. The molecule has 1 rings (SSSR count). The highest BCUT2D eigenvalue weighted by molar-refractivity contribution is 5.85. The monoisotopic (exact) mass is 177 g/mol. The van der Waals surface area contributed by atoms with Gasteiger partial charge in [-0.05, 0) is 6.42 Å². The molecule has 3 nitrogen and oxygen atoms in total. The summed E-state index contributed by atoms with van der Waals surface area (Å²) in [4.78, 5) is 10.9. The first-order chi connectivity index (χ1) is 4.65. The molecular weight excluding hydrogens is 166 g/mol. The third kappa shape index (κ3) is 1.54. The number of rotatable bonds is 2. The number of methoxy groups -OCH3 is 1. The predicted octanol–water partition coefficient (Wildman–Crippen LogP) is 0.485. The zero-order valence-electron chi connectivity index (χ0n) is 6.37. The molecule has 1 aliphatic rings. The largest absolute Gasteiger partial charge is 0.468 e. The SMILES string of the molecule is C=C[C@@H]1C[C@]1(N)C(=O)OC.Cl. The van der Waals surface area contributed by atoms with E-state index >= 15 is 0 Å². The number of carbonyl (C=O) groups is 1. The van der Waals surface area contributed by atoms with Crippen LogP contribution in [0, 0.1) is 5.92 Å². The maximum absolute atomic E-state index is 10.9. The van der Waals surface area contributed by atoms with Gasteiger partial charge < -0.3 is 10.5 Å². The van der Waals surface area contributed by atoms with Crippen LogP contribution in [-0.2, 0) is 9.53 Å². The van der Waals surface area contributed by atoms with Crippen LogP contribution < -0.4 is 5.73 Å². The summed E-state index contributed by atoms with van der Waals surface area (Å²) in [5.41, 5.74) is 4.86. The van der Waals surface area contributed by atoms with Crippen molar-refractivity contribution in [1.29, 1.82) is 0 Å². The van der Waals surface area contributed by atoms with Gasteiger partial charge in [0.15, 0.2) is 0 Å². The fraction of sp³-hybridized carbons (Fsp3) is 0.571. The van der Waals surface area contributed by atoms with Gasteiger partial charge in [0.2, 0.25) is 0 Å². The predicted molar refractivity (Wildman–Crippen MR) is 44.5 cm³/mol. The number of ether oxygens (including phenoxy) is 1. The number of carbonyl (C=O) groups excluding carboxylic acids is 1.